The number of hydrogen-bond acceptors (Lipinski definition) is 6. The zero-order valence-corrected chi connectivity index (χ0v) is 15.2. The molecule has 0 saturated carbocycles. The topological polar surface area (TPSA) is 85.9 Å². The van der Waals surface area contributed by atoms with Gasteiger partial charge in [-0.3, -0.25) is 10.1 Å². The molecule has 0 bridgehead atoms. The average Bonchev–Trinajstić information content (AvgIpc) is 2.51. The van der Waals surface area contributed by atoms with Gasteiger partial charge in [-0.2, -0.15) is 0 Å². The molecule has 0 spiro atoms. The van der Waals surface area contributed by atoms with E-state index in [0.717, 1.165) is 5.69 Å². The number of benzene rings is 1. The third-order valence-corrected chi connectivity index (χ3v) is 3.41. The Bertz CT molecular complexity index is 624. The van der Waals surface area contributed by atoms with Crippen LogP contribution in [-0.4, -0.2) is 36.9 Å². The zero-order valence-electron chi connectivity index (χ0n) is 15.2. The van der Waals surface area contributed by atoms with Crippen molar-refractivity contribution in [2.75, 3.05) is 23.8 Å². The van der Waals surface area contributed by atoms with Gasteiger partial charge in [0.1, 0.15) is 17.5 Å². The third kappa shape index (κ3) is 6.17. The number of carbonyl (C=O) groups is 2. The van der Waals surface area contributed by atoms with Crippen molar-refractivity contribution in [3.05, 3.63) is 18.2 Å². The van der Waals surface area contributed by atoms with Crippen LogP contribution in [0, 0.1) is 0 Å². The second-order valence-corrected chi connectivity index (χ2v) is 6.80. The van der Waals surface area contributed by atoms with E-state index >= 15 is 0 Å². The number of hydrogen-bond donors (Lipinski definition) is 2. The molecule has 2 N–H and O–H groups in total. The highest BCUT2D eigenvalue weighted by Crippen LogP contribution is 2.32. The normalized spacial score (nSPS) is 16.1. The molecule has 1 aromatic carbocycles. The number of carbonyl (C=O) groups excluding carboxylic acids is 2. The summed E-state index contributed by atoms with van der Waals surface area (Å²) in [6.07, 6.45) is 0.315. The molecule has 0 aromatic heterocycles. The summed E-state index contributed by atoms with van der Waals surface area (Å²) in [6, 6.07) is 5.32. The Morgan fingerprint density at radius 3 is 2.80 bits per heavy atom. The first-order valence-corrected chi connectivity index (χ1v) is 8.47. The van der Waals surface area contributed by atoms with E-state index in [1.54, 1.807) is 25.1 Å². The molecule has 1 aliphatic heterocycles. The van der Waals surface area contributed by atoms with E-state index in [-0.39, 0.29) is 12.1 Å². The smallest absolute Gasteiger partial charge is 0.412 e. The molecule has 0 unspecified atom stereocenters. The first-order chi connectivity index (χ1) is 11.8. The van der Waals surface area contributed by atoms with Crippen molar-refractivity contribution in [3.63, 3.8) is 0 Å². The SMILES string of the molecule is CCOC(=O)CC[C@H]1CNc2cc(NC(=O)OC(C)(C)C)ccc2O1. The number of nitrogens with one attached hydrogen (secondary N) is 2. The van der Waals surface area contributed by atoms with Gasteiger partial charge in [0.2, 0.25) is 0 Å². The first kappa shape index (κ1) is 18.9. The summed E-state index contributed by atoms with van der Waals surface area (Å²) < 4.78 is 16.0. The van der Waals surface area contributed by atoms with Crippen molar-refractivity contribution < 1.29 is 23.8 Å². The van der Waals surface area contributed by atoms with Gasteiger partial charge in [0, 0.05) is 12.1 Å². The number of rotatable bonds is 5. The number of fused-ring (bicyclic) bond motifs is 1. The second-order valence-electron chi connectivity index (χ2n) is 6.80. The van der Waals surface area contributed by atoms with Crippen molar-refractivity contribution in [1.82, 2.24) is 0 Å². The van der Waals surface area contributed by atoms with Crippen molar-refractivity contribution in [2.45, 2.75) is 52.2 Å². The third-order valence-electron chi connectivity index (χ3n) is 3.41. The maximum atomic E-state index is 11.8. The lowest BCUT2D eigenvalue weighted by atomic mass is 10.1. The fourth-order valence-corrected chi connectivity index (χ4v) is 2.39. The number of ether oxygens (including phenoxy) is 3. The molecular weight excluding hydrogens is 324 g/mol. The molecule has 0 fully saturated rings. The molecular formula is C18H26N2O5. The molecule has 2 rings (SSSR count). The summed E-state index contributed by atoms with van der Waals surface area (Å²) in [5.41, 5.74) is 0.862. The van der Waals surface area contributed by atoms with Crippen LogP contribution in [0.2, 0.25) is 0 Å². The van der Waals surface area contributed by atoms with E-state index in [1.807, 2.05) is 20.8 Å². The highest BCUT2D eigenvalue weighted by molar-refractivity contribution is 5.86. The van der Waals surface area contributed by atoms with Gasteiger partial charge in [-0.25, -0.2) is 4.79 Å². The maximum Gasteiger partial charge on any atom is 0.412 e. The van der Waals surface area contributed by atoms with Crippen molar-refractivity contribution in [2.24, 2.45) is 0 Å². The molecule has 25 heavy (non-hydrogen) atoms. The van der Waals surface area contributed by atoms with Crippen LogP contribution >= 0.6 is 0 Å². The Balaban J connectivity index is 1.90. The largest absolute Gasteiger partial charge is 0.486 e. The summed E-state index contributed by atoms with van der Waals surface area (Å²) in [5, 5.41) is 5.96. The molecule has 0 aliphatic carbocycles. The van der Waals surface area contributed by atoms with Crippen LogP contribution in [0.5, 0.6) is 5.75 Å². The highest BCUT2D eigenvalue weighted by Gasteiger charge is 2.21. The quantitative estimate of drug-likeness (QED) is 0.790. The van der Waals surface area contributed by atoms with Gasteiger partial charge in [0.15, 0.2) is 0 Å². The molecule has 0 radical (unpaired) electrons. The lowest BCUT2D eigenvalue weighted by Gasteiger charge is -2.27. The van der Waals surface area contributed by atoms with E-state index in [0.29, 0.717) is 37.4 Å². The van der Waals surface area contributed by atoms with Gasteiger partial charge >= 0.3 is 12.1 Å². The zero-order chi connectivity index (χ0) is 18.4. The fourth-order valence-electron chi connectivity index (χ4n) is 2.39. The predicted octanol–water partition coefficient (Wildman–Crippen LogP) is 3.55. The first-order valence-electron chi connectivity index (χ1n) is 8.47. The van der Waals surface area contributed by atoms with Gasteiger partial charge in [-0.15, -0.1) is 0 Å². The number of anilines is 2. The van der Waals surface area contributed by atoms with E-state index < -0.39 is 11.7 Å². The van der Waals surface area contributed by atoms with E-state index in [4.69, 9.17) is 14.2 Å². The van der Waals surface area contributed by atoms with Gasteiger partial charge < -0.3 is 19.5 Å². The molecule has 1 amide bonds. The average molecular weight is 350 g/mol. The van der Waals surface area contributed by atoms with Crippen LogP contribution in [0.15, 0.2) is 18.2 Å². The molecule has 0 saturated heterocycles. The van der Waals surface area contributed by atoms with Crippen molar-refractivity contribution >= 4 is 23.4 Å². The van der Waals surface area contributed by atoms with E-state index in [1.165, 1.54) is 0 Å². The Labute approximate surface area is 148 Å². The summed E-state index contributed by atoms with van der Waals surface area (Å²) >= 11 is 0. The number of amides is 1. The standard InChI is InChI=1S/C18H26N2O5/c1-5-23-16(21)9-7-13-11-19-14-10-12(6-8-15(14)24-13)20-17(22)25-18(2,3)4/h6,8,10,13,19H,5,7,9,11H2,1-4H3,(H,20,22)/t13-/m0/s1. The van der Waals surface area contributed by atoms with Gasteiger partial charge in [-0.1, -0.05) is 0 Å². The van der Waals surface area contributed by atoms with Crippen LogP contribution in [-0.2, 0) is 14.3 Å². The van der Waals surface area contributed by atoms with E-state index in [2.05, 4.69) is 10.6 Å². The summed E-state index contributed by atoms with van der Waals surface area (Å²) in [7, 11) is 0. The lowest BCUT2D eigenvalue weighted by molar-refractivity contribution is -0.143. The minimum absolute atomic E-state index is 0.0958. The summed E-state index contributed by atoms with van der Waals surface area (Å²) in [4.78, 5) is 23.2. The van der Waals surface area contributed by atoms with Crippen LogP contribution in [0.4, 0.5) is 16.2 Å². The van der Waals surface area contributed by atoms with Gasteiger partial charge in [-0.05, 0) is 52.3 Å². The predicted molar refractivity (Wildman–Crippen MR) is 95.1 cm³/mol. The molecule has 7 nitrogen and oxygen atoms in total. The maximum absolute atomic E-state index is 11.8. The van der Waals surface area contributed by atoms with Gasteiger partial charge in [0.05, 0.1) is 18.8 Å². The van der Waals surface area contributed by atoms with Crippen LogP contribution in [0.25, 0.3) is 0 Å². The Kier molecular flexibility index (Phi) is 6.12. The Morgan fingerprint density at radius 2 is 2.12 bits per heavy atom. The van der Waals surface area contributed by atoms with Crippen molar-refractivity contribution in [1.29, 1.82) is 0 Å². The minimum atomic E-state index is -0.550. The van der Waals surface area contributed by atoms with E-state index in [9.17, 15) is 9.59 Å². The molecule has 1 atom stereocenters. The summed E-state index contributed by atoms with van der Waals surface area (Å²) in [6.45, 7) is 8.19. The summed E-state index contributed by atoms with van der Waals surface area (Å²) in [5.74, 6) is 0.476. The minimum Gasteiger partial charge on any atom is -0.486 e. The molecule has 7 heteroatoms. The van der Waals surface area contributed by atoms with Crippen LogP contribution in [0.1, 0.15) is 40.5 Å². The lowest BCUT2D eigenvalue weighted by Crippen LogP contribution is -2.31. The fraction of sp³-hybridized carbons (Fsp3) is 0.556. The molecule has 1 aliphatic rings. The molecule has 1 aromatic rings. The Morgan fingerprint density at radius 1 is 1.36 bits per heavy atom. The monoisotopic (exact) mass is 350 g/mol. The van der Waals surface area contributed by atoms with Crippen LogP contribution < -0.4 is 15.4 Å². The van der Waals surface area contributed by atoms with Crippen LogP contribution in [0.3, 0.4) is 0 Å². The molecule has 138 valence electrons. The van der Waals surface area contributed by atoms with Crippen molar-refractivity contribution in [3.8, 4) is 5.75 Å². The molecule has 1 heterocycles. The van der Waals surface area contributed by atoms with Gasteiger partial charge in [0.25, 0.3) is 0 Å². The second kappa shape index (κ2) is 8.09. The Hall–Kier alpha value is -2.44. The highest BCUT2D eigenvalue weighted by atomic mass is 16.6. The number of esters is 1.